The minimum Gasteiger partial charge on any atom is -0.408 e. The Morgan fingerprint density at radius 3 is 1.18 bits per heavy atom. The molecule has 0 aliphatic carbocycles. The minimum absolute atomic E-state index is 0.140. The SMILES string of the molecule is COC(C)(OC)OC(=O)CCCCC(=O)OC(C)(OC)OC. The summed E-state index contributed by atoms with van der Waals surface area (Å²) in [5.41, 5.74) is 0. The zero-order valence-electron chi connectivity index (χ0n) is 14.1. The van der Waals surface area contributed by atoms with Crippen molar-refractivity contribution in [1.29, 1.82) is 0 Å². The molecular weight excluding hydrogens is 296 g/mol. The van der Waals surface area contributed by atoms with Crippen LogP contribution in [0.4, 0.5) is 0 Å². The van der Waals surface area contributed by atoms with Gasteiger partial charge in [0.2, 0.25) is 0 Å². The van der Waals surface area contributed by atoms with Gasteiger partial charge in [-0.25, -0.2) is 0 Å². The van der Waals surface area contributed by atoms with Gasteiger partial charge in [-0.3, -0.25) is 9.59 Å². The van der Waals surface area contributed by atoms with Gasteiger partial charge in [-0.15, -0.1) is 0 Å². The van der Waals surface area contributed by atoms with Crippen molar-refractivity contribution in [3.63, 3.8) is 0 Å². The fourth-order valence-electron chi connectivity index (χ4n) is 1.39. The molecule has 8 heteroatoms. The number of hydrogen-bond acceptors (Lipinski definition) is 8. The normalized spacial score (nSPS) is 12.1. The van der Waals surface area contributed by atoms with Gasteiger partial charge >= 0.3 is 23.9 Å². The van der Waals surface area contributed by atoms with Crippen molar-refractivity contribution in [2.75, 3.05) is 28.4 Å². The molecule has 0 bridgehead atoms. The molecule has 0 aliphatic heterocycles. The minimum atomic E-state index is -1.39. The van der Waals surface area contributed by atoms with E-state index in [0.29, 0.717) is 12.8 Å². The molecule has 0 atom stereocenters. The lowest BCUT2D eigenvalue weighted by Gasteiger charge is -2.25. The van der Waals surface area contributed by atoms with E-state index in [1.165, 1.54) is 42.3 Å². The van der Waals surface area contributed by atoms with Gasteiger partial charge in [-0.1, -0.05) is 0 Å². The lowest BCUT2D eigenvalue weighted by Crippen LogP contribution is -2.36. The standard InChI is InChI=1S/C14H26O8/c1-13(17-3,18-4)21-11(15)9-7-8-10-12(16)22-14(2,19-5)20-6/h7-10H2,1-6H3. The summed E-state index contributed by atoms with van der Waals surface area (Å²) in [4.78, 5) is 23.2. The summed E-state index contributed by atoms with van der Waals surface area (Å²) in [6, 6.07) is 0. The van der Waals surface area contributed by atoms with Gasteiger partial charge in [0.15, 0.2) is 0 Å². The smallest absolute Gasteiger partial charge is 0.325 e. The predicted molar refractivity (Wildman–Crippen MR) is 75.5 cm³/mol. The van der Waals surface area contributed by atoms with Crippen molar-refractivity contribution in [2.24, 2.45) is 0 Å². The van der Waals surface area contributed by atoms with Crippen molar-refractivity contribution in [1.82, 2.24) is 0 Å². The molecule has 130 valence electrons. The third kappa shape index (κ3) is 7.69. The number of rotatable bonds is 11. The van der Waals surface area contributed by atoms with Crippen molar-refractivity contribution in [3.8, 4) is 0 Å². The molecular formula is C14H26O8. The number of methoxy groups -OCH3 is 4. The van der Waals surface area contributed by atoms with E-state index in [0.717, 1.165) is 0 Å². The van der Waals surface area contributed by atoms with Crippen LogP contribution in [-0.4, -0.2) is 52.3 Å². The van der Waals surface area contributed by atoms with Crippen LogP contribution in [0.1, 0.15) is 39.5 Å². The second-order valence-electron chi connectivity index (χ2n) is 4.70. The molecule has 0 aromatic heterocycles. The summed E-state index contributed by atoms with van der Waals surface area (Å²) < 4.78 is 29.7. The molecule has 0 spiro atoms. The highest BCUT2D eigenvalue weighted by molar-refractivity contribution is 5.70. The Morgan fingerprint density at radius 2 is 0.955 bits per heavy atom. The molecule has 0 saturated heterocycles. The van der Waals surface area contributed by atoms with Gasteiger partial charge in [-0.05, 0) is 12.8 Å². The van der Waals surface area contributed by atoms with Gasteiger partial charge in [0.1, 0.15) is 0 Å². The van der Waals surface area contributed by atoms with Crippen LogP contribution in [0.2, 0.25) is 0 Å². The van der Waals surface area contributed by atoms with Crippen LogP contribution in [-0.2, 0) is 38.0 Å². The molecule has 0 amide bonds. The van der Waals surface area contributed by atoms with Crippen LogP contribution >= 0.6 is 0 Å². The van der Waals surface area contributed by atoms with Crippen molar-refractivity contribution in [3.05, 3.63) is 0 Å². The summed E-state index contributed by atoms with van der Waals surface area (Å²) >= 11 is 0. The summed E-state index contributed by atoms with van der Waals surface area (Å²) in [6.07, 6.45) is 1.21. The van der Waals surface area contributed by atoms with Gasteiger partial charge < -0.3 is 28.4 Å². The van der Waals surface area contributed by atoms with E-state index in [9.17, 15) is 9.59 Å². The lowest BCUT2D eigenvalue weighted by atomic mass is 10.2. The van der Waals surface area contributed by atoms with Gasteiger partial charge in [0.25, 0.3) is 0 Å². The number of carbonyl (C=O) groups is 2. The number of unbranched alkanes of at least 4 members (excludes halogenated alkanes) is 1. The Bertz CT molecular complexity index is 313. The molecule has 0 unspecified atom stereocenters. The second-order valence-corrected chi connectivity index (χ2v) is 4.70. The maximum Gasteiger partial charge on any atom is 0.325 e. The fourth-order valence-corrected chi connectivity index (χ4v) is 1.39. The summed E-state index contributed by atoms with van der Waals surface area (Å²) in [6.45, 7) is 2.97. The topological polar surface area (TPSA) is 89.5 Å². The lowest BCUT2D eigenvalue weighted by molar-refractivity contribution is -0.334. The Balaban J connectivity index is 3.98. The first-order chi connectivity index (χ1) is 10.2. The summed E-state index contributed by atoms with van der Waals surface area (Å²) in [5, 5.41) is 0. The highest BCUT2D eigenvalue weighted by Crippen LogP contribution is 2.16. The summed E-state index contributed by atoms with van der Waals surface area (Å²) in [7, 11) is 5.48. The van der Waals surface area contributed by atoms with Gasteiger partial charge in [0.05, 0.1) is 0 Å². The van der Waals surface area contributed by atoms with E-state index in [1.54, 1.807) is 0 Å². The zero-order chi connectivity index (χ0) is 17.2. The highest BCUT2D eigenvalue weighted by Gasteiger charge is 2.29. The Labute approximate surface area is 130 Å². The average Bonchev–Trinajstić information content (AvgIpc) is 2.51. The van der Waals surface area contributed by atoms with E-state index in [4.69, 9.17) is 28.4 Å². The Morgan fingerprint density at radius 1 is 0.682 bits per heavy atom. The first-order valence-electron chi connectivity index (χ1n) is 6.88. The number of hydrogen-bond donors (Lipinski definition) is 0. The fraction of sp³-hybridized carbons (Fsp3) is 0.857. The molecule has 8 nitrogen and oxygen atoms in total. The molecule has 0 radical (unpaired) electrons. The molecule has 0 aromatic carbocycles. The molecule has 22 heavy (non-hydrogen) atoms. The molecule has 0 fully saturated rings. The van der Waals surface area contributed by atoms with Crippen LogP contribution in [0.15, 0.2) is 0 Å². The Hall–Kier alpha value is -1.22. The largest absolute Gasteiger partial charge is 0.408 e. The van der Waals surface area contributed by atoms with Crippen LogP contribution in [0, 0.1) is 0 Å². The number of esters is 2. The zero-order valence-corrected chi connectivity index (χ0v) is 14.1. The van der Waals surface area contributed by atoms with E-state index in [-0.39, 0.29) is 12.8 Å². The maximum absolute atomic E-state index is 11.6. The average molecular weight is 322 g/mol. The maximum atomic E-state index is 11.6. The van der Waals surface area contributed by atoms with Gasteiger partial charge in [-0.2, -0.15) is 0 Å². The molecule has 0 N–H and O–H groups in total. The number of ether oxygens (including phenoxy) is 6. The van der Waals surface area contributed by atoms with Crippen molar-refractivity contribution in [2.45, 2.75) is 51.5 Å². The molecule has 0 rings (SSSR count). The van der Waals surface area contributed by atoms with Crippen molar-refractivity contribution >= 4 is 11.9 Å². The van der Waals surface area contributed by atoms with Crippen LogP contribution in [0.25, 0.3) is 0 Å². The molecule has 0 aliphatic rings. The van der Waals surface area contributed by atoms with E-state index >= 15 is 0 Å². The molecule has 0 aromatic rings. The first-order valence-corrected chi connectivity index (χ1v) is 6.88. The van der Waals surface area contributed by atoms with E-state index in [2.05, 4.69) is 0 Å². The second kappa shape index (κ2) is 9.73. The number of carbonyl (C=O) groups excluding carboxylic acids is 2. The third-order valence-corrected chi connectivity index (χ3v) is 3.09. The van der Waals surface area contributed by atoms with Crippen LogP contribution < -0.4 is 0 Å². The monoisotopic (exact) mass is 322 g/mol. The molecule has 0 heterocycles. The Kier molecular flexibility index (Phi) is 9.19. The van der Waals surface area contributed by atoms with Crippen molar-refractivity contribution < 1.29 is 38.0 Å². The van der Waals surface area contributed by atoms with Crippen LogP contribution in [0.5, 0.6) is 0 Å². The quantitative estimate of drug-likeness (QED) is 0.322. The third-order valence-electron chi connectivity index (χ3n) is 3.09. The molecule has 0 saturated carbocycles. The summed E-state index contributed by atoms with van der Waals surface area (Å²) in [5.74, 6) is -3.74. The first kappa shape index (κ1) is 20.8. The predicted octanol–water partition coefficient (Wildman–Crippen LogP) is 1.57. The highest BCUT2D eigenvalue weighted by atomic mass is 16.9. The van der Waals surface area contributed by atoms with E-state index in [1.807, 2.05) is 0 Å². The van der Waals surface area contributed by atoms with Crippen LogP contribution in [0.3, 0.4) is 0 Å². The van der Waals surface area contributed by atoms with E-state index < -0.39 is 23.9 Å². The van der Waals surface area contributed by atoms with Gasteiger partial charge in [0, 0.05) is 55.1 Å².